The first-order valence-electron chi connectivity index (χ1n) is 6.98. The summed E-state index contributed by atoms with van der Waals surface area (Å²) in [7, 11) is -2.18. The van der Waals surface area contributed by atoms with E-state index in [1.165, 1.54) is 37.4 Å². The largest absolute Gasteiger partial charge is 0.274 e. The maximum Gasteiger partial charge on any atom is 0.274 e. The van der Waals surface area contributed by atoms with Crippen LogP contribution in [-0.2, 0) is 10.0 Å². The molecule has 8 heteroatoms. The van der Waals surface area contributed by atoms with Gasteiger partial charge in [0.1, 0.15) is 5.82 Å². The smallest absolute Gasteiger partial charge is 0.267 e. The summed E-state index contributed by atoms with van der Waals surface area (Å²) in [5.74, 6) is -1.30. The molecule has 0 saturated heterocycles. The molecule has 0 radical (unpaired) electrons. The molecule has 0 aromatic heterocycles. The summed E-state index contributed by atoms with van der Waals surface area (Å²) in [6.07, 6.45) is 0. The molecule has 24 heavy (non-hydrogen) atoms. The van der Waals surface area contributed by atoms with Crippen LogP contribution in [0, 0.1) is 5.82 Å². The molecule has 0 spiro atoms. The summed E-state index contributed by atoms with van der Waals surface area (Å²) < 4.78 is 39.0. The Hall–Kier alpha value is -2.58. The normalized spacial score (nSPS) is 12.0. The number of nitrogens with one attached hydrogen (secondary N) is 2. The van der Waals surface area contributed by atoms with Crippen LogP contribution in [0.4, 0.5) is 4.39 Å². The van der Waals surface area contributed by atoms with E-state index in [9.17, 15) is 17.6 Å². The van der Waals surface area contributed by atoms with Gasteiger partial charge in [0.2, 0.25) is 10.0 Å². The van der Waals surface area contributed by atoms with Crippen LogP contribution in [-0.4, -0.2) is 27.1 Å². The standard InChI is InChI=1S/C16H16FN3O3S/c1-11(12-7-9-13(10-8-12)24(22,23)18-2)19-20-16(21)14-5-3-4-6-15(14)17/h3-10,18H,1-2H3,(H,20,21)/b19-11-. The predicted molar refractivity (Wildman–Crippen MR) is 88.8 cm³/mol. The summed E-state index contributed by atoms with van der Waals surface area (Å²) in [6, 6.07) is 11.6. The molecule has 2 aromatic rings. The zero-order chi connectivity index (χ0) is 17.7. The average Bonchev–Trinajstić information content (AvgIpc) is 2.60. The molecule has 0 unspecified atom stereocenters. The minimum Gasteiger partial charge on any atom is -0.267 e. The number of sulfonamides is 1. The van der Waals surface area contributed by atoms with E-state index < -0.39 is 21.7 Å². The first-order valence-corrected chi connectivity index (χ1v) is 8.46. The number of rotatable bonds is 5. The monoisotopic (exact) mass is 349 g/mol. The van der Waals surface area contributed by atoms with E-state index in [4.69, 9.17) is 0 Å². The minimum atomic E-state index is -3.51. The van der Waals surface area contributed by atoms with E-state index in [1.54, 1.807) is 25.1 Å². The van der Waals surface area contributed by atoms with Crippen LogP contribution in [0.3, 0.4) is 0 Å². The maximum absolute atomic E-state index is 13.5. The van der Waals surface area contributed by atoms with Crippen molar-refractivity contribution in [2.24, 2.45) is 5.10 Å². The van der Waals surface area contributed by atoms with Crippen LogP contribution in [0.5, 0.6) is 0 Å². The van der Waals surface area contributed by atoms with Gasteiger partial charge in [-0.3, -0.25) is 4.79 Å². The number of carbonyl (C=O) groups excluding carboxylic acids is 1. The molecule has 0 aliphatic rings. The fourth-order valence-corrected chi connectivity index (χ4v) is 2.63. The van der Waals surface area contributed by atoms with Crippen LogP contribution in [0.15, 0.2) is 58.5 Å². The average molecular weight is 349 g/mol. The van der Waals surface area contributed by atoms with Crippen molar-refractivity contribution in [3.63, 3.8) is 0 Å². The third-order valence-electron chi connectivity index (χ3n) is 3.29. The maximum atomic E-state index is 13.5. The molecule has 2 rings (SSSR count). The van der Waals surface area contributed by atoms with Crippen molar-refractivity contribution in [2.45, 2.75) is 11.8 Å². The van der Waals surface area contributed by atoms with Crippen LogP contribution in [0.25, 0.3) is 0 Å². The molecule has 0 aliphatic carbocycles. The zero-order valence-corrected chi connectivity index (χ0v) is 13.9. The van der Waals surface area contributed by atoms with Crippen molar-refractivity contribution in [1.82, 2.24) is 10.1 Å². The van der Waals surface area contributed by atoms with Gasteiger partial charge in [-0.25, -0.2) is 23.0 Å². The Morgan fingerprint density at radius 3 is 2.29 bits per heavy atom. The van der Waals surface area contributed by atoms with Crippen LogP contribution in [0.1, 0.15) is 22.8 Å². The predicted octanol–water partition coefficient (Wildman–Crippen LogP) is 1.89. The van der Waals surface area contributed by atoms with Gasteiger partial charge in [-0.2, -0.15) is 5.10 Å². The molecule has 0 bridgehead atoms. The molecule has 0 fully saturated rings. The molecule has 6 nitrogen and oxygen atoms in total. The van der Waals surface area contributed by atoms with Crippen LogP contribution in [0.2, 0.25) is 0 Å². The van der Waals surface area contributed by atoms with Crippen molar-refractivity contribution in [3.8, 4) is 0 Å². The van der Waals surface area contributed by atoms with Gasteiger partial charge in [0.15, 0.2) is 0 Å². The molecule has 0 heterocycles. The van der Waals surface area contributed by atoms with Gasteiger partial charge < -0.3 is 0 Å². The number of hydrazone groups is 1. The second-order valence-electron chi connectivity index (χ2n) is 4.85. The Balaban J connectivity index is 2.14. The number of hydrogen-bond acceptors (Lipinski definition) is 4. The van der Waals surface area contributed by atoms with Gasteiger partial charge in [-0.15, -0.1) is 0 Å². The fourth-order valence-electron chi connectivity index (χ4n) is 1.90. The molecule has 0 aliphatic heterocycles. The van der Waals surface area contributed by atoms with Gasteiger partial charge in [0, 0.05) is 0 Å². The van der Waals surface area contributed by atoms with Crippen LogP contribution < -0.4 is 10.1 Å². The van der Waals surface area contributed by atoms with Crippen molar-refractivity contribution >= 4 is 21.6 Å². The number of benzene rings is 2. The highest BCUT2D eigenvalue weighted by atomic mass is 32.2. The van der Waals surface area contributed by atoms with Gasteiger partial charge in [-0.1, -0.05) is 24.3 Å². The van der Waals surface area contributed by atoms with Gasteiger partial charge >= 0.3 is 0 Å². The van der Waals surface area contributed by atoms with Gasteiger partial charge in [0.05, 0.1) is 16.2 Å². The summed E-state index contributed by atoms with van der Waals surface area (Å²) in [5, 5.41) is 3.91. The summed E-state index contributed by atoms with van der Waals surface area (Å²) in [6.45, 7) is 1.64. The molecule has 2 N–H and O–H groups in total. The van der Waals surface area contributed by atoms with Crippen molar-refractivity contribution < 1.29 is 17.6 Å². The lowest BCUT2D eigenvalue weighted by Crippen LogP contribution is -2.20. The highest BCUT2D eigenvalue weighted by molar-refractivity contribution is 7.89. The third kappa shape index (κ3) is 4.03. The second-order valence-corrected chi connectivity index (χ2v) is 6.74. The highest BCUT2D eigenvalue weighted by Crippen LogP contribution is 2.11. The fraction of sp³-hybridized carbons (Fsp3) is 0.125. The number of carbonyl (C=O) groups is 1. The van der Waals surface area contributed by atoms with Crippen molar-refractivity contribution in [3.05, 3.63) is 65.5 Å². The third-order valence-corrected chi connectivity index (χ3v) is 4.72. The summed E-state index contributed by atoms with van der Waals surface area (Å²) in [5.41, 5.74) is 3.24. The lowest BCUT2D eigenvalue weighted by molar-refractivity contribution is 0.0951. The van der Waals surface area contributed by atoms with Gasteiger partial charge in [0.25, 0.3) is 5.91 Å². The molecular formula is C16H16FN3O3S. The Kier molecular flexibility index (Phi) is 5.42. The van der Waals surface area contributed by atoms with E-state index >= 15 is 0 Å². The Labute approximate surface area is 139 Å². The Bertz CT molecular complexity index is 878. The highest BCUT2D eigenvalue weighted by Gasteiger charge is 2.12. The molecule has 1 amide bonds. The van der Waals surface area contributed by atoms with E-state index in [0.29, 0.717) is 11.3 Å². The number of hydrogen-bond donors (Lipinski definition) is 2. The Morgan fingerprint density at radius 2 is 1.71 bits per heavy atom. The molecular weight excluding hydrogens is 333 g/mol. The van der Waals surface area contributed by atoms with Crippen molar-refractivity contribution in [2.75, 3.05) is 7.05 Å². The lowest BCUT2D eigenvalue weighted by atomic mass is 10.1. The van der Waals surface area contributed by atoms with Crippen molar-refractivity contribution in [1.29, 1.82) is 0 Å². The number of halogens is 1. The number of nitrogens with zero attached hydrogens (tertiary/aromatic N) is 1. The molecule has 126 valence electrons. The quantitative estimate of drug-likeness (QED) is 0.638. The Morgan fingerprint density at radius 1 is 1.08 bits per heavy atom. The first kappa shape index (κ1) is 17.8. The number of amides is 1. The SMILES string of the molecule is CNS(=O)(=O)c1ccc(/C(C)=N\NC(=O)c2ccccc2F)cc1. The lowest BCUT2D eigenvalue weighted by Gasteiger charge is -2.06. The topological polar surface area (TPSA) is 87.6 Å². The van der Waals surface area contributed by atoms with E-state index in [-0.39, 0.29) is 10.5 Å². The van der Waals surface area contributed by atoms with E-state index in [0.717, 1.165) is 0 Å². The zero-order valence-electron chi connectivity index (χ0n) is 13.1. The van der Waals surface area contributed by atoms with Crippen LogP contribution >= 0.6 is 0 Å². The summed E-state index contributed by atoms with van der Waals surface area (Å²) in [4.78, 5) is 12.0. The van der Waals surface area contributed by atoms with Gasteiger partial charge in [-0.05, 0) is 43.8 Å². The molecule has 0 atom stereocenters. The first-order chi connectivity index (χ1) is 11.3. The second kappa shape index (κ2) is 7.33. The molecule has 2 aromatic carbocycles. The summed E-state index contributed by atoms with van der Waals surface area (Å²) >= 11 is 0. The molecule has 0 saturated carbocycles. The minimum absolute atomic E-state index is 0.107. The van der Waals surface area contributed by atoms with E-state index in [2.05, 4.69) is 15.2 Å². The van der Waals surface area contributed by atoms with E-state index in [1.807, 2.05) is 0 Å².